The zero-order valence-electron chi connectivity index (χ0n) is 14.4. The van der Waals surface area contributed by atoms with E-state index in [9.17, 15) is 4.79 Å². The molecule has 4 heteroatoms. The molecule has 0 fully saturated rings. The molecule has 2 rings (SSSR count). The molecule has 1 atom stereocenters. The van der Waals surface area contributed by atoms with Gasteiger partial charge < -0.3 is 15.7 Å². The van der Waals surface area contributed by atoms with Crippen LogP contribution in [0.25, 0.3) is 0 Å². The van der Waals surface area contributed by atoms with Crippen LogP contribution in [0.1, 0.15) is 35.6 Å². The smallest absolute Gasteiger partial charge is 0.238 e. The lowest BCUT2D eigenvalue weighted by atomic mass is 10.0. The summed E-state index contributed by atoms with van der Waals surface area (Å²) in [5.74, 6) is -0.0649. The van der Waals surface area contributed by atoms with E-state index >= 15 is 0 Å². The Morgan fingerprint density at radius 2 is 1.75 bits per heavy atom. The molecule has 0 bridgehead atoms. The number of benzene rings is 2. The van der Waals surface area contributed by atoms with Crippen LogP contribution in [0.2, 0.25) is 0 Å². The second-order valence-electron chi connectivity index (χ2n) is 6.13. The third-order valence-corrected chi connectivity index (χ3v) is 3.87. The van der Waals surface area contributed by atoms with Gasteiger partial charge in [-0.1, -0.05) is 36.4 Å². The summed E-state index contributed by atoms with van der Waals surface area (Å²) >= 11 is 0. The number of hydrogen-bond acceptors (Lipinski definition) is 3. The van der Waals surface area contributed by atoms with Crippen LogP contribution in [-0.4, -0.2) is 24.2 Å². The molecular formula is C20H26N2O2. The number of amides is 1. The van der Waals surface area contributed by atoms with Crippen molar-refractivity contribution in [1.29, 1.82) is 0 Å². The number of aryl methyl sites for hydroxylation is 2. The van der Waals surface area contributed by atoms with Crippen LogP contribution in [0.5, 0.6) is 0 Å². The zero-order valence-corrected chi connectivity index (χ0v) is 14.4. The minimum atomic E-state index is -0.0649. The summed E-state index contributed by atoms with van der Waals surface area (Å²) in [6.07, 6.45) is 1.49. The average molecular weight is 326 g/mol. The molecule has 4 nitrogen and oxygen atoms in total. The fourth-order valence-corrected chi connectivity index (χ4v) is 2.84. The highest BCUT2D eigenvalue weighted by molar-refractivity contribution is 5.92. The van der Waals surface area contributed by atoms with Crippen LogP contribution < -0.4 is 10.6 Å². The highest BCUT2D eigenvalue weighted by Gasteiger charge is 2.12. The molecule has 3 N–H and O–H groups in total. The highest BCUT2D eigenvalue weighted by atomic mass is 16.2. The van der Waals surface area contributed by atoms with E-state index in [-0.39, 0.29) is 25.1 Å². The van der Waals surface area contributed by atoms with E-state index in [1.54, 1.807) is 0 Å². The van der Waals surface area contributed by atoms with Crippen molar-refractivity contribution < 1.29 is 9.90 Å². The standard InChI is InChI=1S/C20H26N2O2/c1-15-11-16(2)13-18(12-15)22-20(24)14-21-19(9-6-10-23)17-7-4-3-5-8-17/h3-5,7-8,11-13,19,21,23H,6,9-10,14H2,1-2H3,(H,22,24). The highest BCUT2D eigenvalue weighted by Crippen LogP contribution is 2.18. The van der Waals surface area contributed by atoms with Gasteiger partial charge in [-0.15, -0.1) is 0 Å². The molecule has 0 radical (unpaired) electrons. The van der Waals surface area contributed by atoms with Crippen molar-refractivity contribution in [3.05, 3.63) is 65.2 Å². The number of aliphatic hydroxyl groups excluding tert-OH is 1. The zero-order chi connectivity index (χ0) is 17.4. The molecule has 0 spiro atoms. The summed E-state index contributed by atoms with van der Waals surface area (Å²) in [5.41, 5.74) is 4.21. The summed E-state index contributed by atoms with van der Waals surface area (Å²) in [6.45, 7) is 4.42. The van der Waals surface area contributed by atoms with Crippen molar-refractivity contribution >= 4 is 11.6 Å². The molecule has 2 aromatic rings. The van der Waals surface area contributed by atoms with E-state index < -0.39 is 0 Å². The Kier molecular flexibility index (Phi) is 6.97. The SMILES string of the molecule is Cc1cc(C)cc(NC(=O)CNC(CCCO)c2ccccc2)c1. The second kappa shape index (κ2) is 9.21. The van der Waals surface area contributed by atoms with Crippen molar-refractivity contribution in [1.82, 2.24) is 5.32 Å². The third kappa shape index (κ3) is 5.80. The predicted octanol–water partition coefficient (Wildman–Crippen LogP) is 3.35. The third-order valence-electron chi connectivity index (χ3n) is 3.87. The molecule has 128 valence electrons. The quantitative estimate of drug-likeness (QED) is 0.697. The first kappa shape index (κ1) is 18.2. The van der Waals surface area contributed by atoms with Gasteiger partial charge in [-0.05, 0) is 55.5 Å². The Labute approximate surface area is 143 Å². The van der Waals surface area contributed by atoms with Gasteiger partial charge in [0.25, 0.3) is 0 Å². The largest absolute Gasteiger partial charge is 0.396 e. The van der Waals surface area contributed by atoms with Crippen LogP contribution in [0.4, 0.5) is 5.69 Å². The van der Waals surface area contributed by atoms with Crippen LogP contribution in [-0.2, 0) is 4.79 Å². The number of carbonyl (C=O) groups excluding carboxylic acids is 1. The van der Waals surface area contributed by atoms with Crippen molar-refractivity contribution in [2.75, 3.05) is 18.5 Å². The van der Waals surface area contributed by atoms with Crippen LogP contribution in [0.3, 0.4) is 0 Å². The molecule has 1 unspecified atom stereocenters. The van der Waals surface area contributed by atoms with E-state index in [0.717, 1.165) is 28.8 Å². The fourth-order valence-electron chi connectivity index (χ4n) is 2.84. The predicted molar refractivity (Wildman–Crippen MR) is 98.1 cm³/mol. The molecule has 0 aliphatic carbocycles. The van der Waals surface area contributed by atoms with Gasteiger partial charge in [-0.25, -0.2) is 0 Å². The summed E-state index contributed by atoms with van der Waals surface area (Å²) in [4.78, 5) is 12.2. The molecule has 0 aliphatic rings. The van der Waals surface area contributed by atoms with Gasteiger partial charge in [0.15, 0.2) is 0 Å². The number of nitrogens with one attached hydrogen (secondary N) is 2. The lowest BCUT2D eigenvalue weighted by Crippen LogP contribution is -2.31. The Balaban J connectivity index is 1.94. The molecule has 0 aromatic heterocycles. The minimum absolute atomic E-state index is 0.0587. The Bertz CT molecular complexity index is 636. The van der Waals surface area contributed by atoms with E-state index in [0.29, 0.717) is 6.42 Å². The van der Waals surface area contributed by atoms with Crippen LogP contribution in [0.15, 0.2) is 48.5 Å². The van der Waals surface area contributed by atoms with Crippen molar-refractivity contribution in [3.8, 4) is 0 Å². The van der Waals surface area contributed by atoms with E-state index in [1.165, 1.54) is 0 Å². The van der Waals surface area contributed by atoms with E-state index in [4.69, 9.17) is 5.11 Å². The fraction of sp³-hybridized carbons (Fsp3) is 0.350. The molecule has 0 heterocycles. The molecule has 1 amide bonds. The van der Waals surface area contributed by atoms with Gasteiger partial charge in [-0.3, -0.25) is 4.79 Å². The number of anilines is 1. The molecule has 0 aliphatic heterocycles. The van der Waals surface area contributed by atoms with Crippen molar-refractivity contribution in [3.63, 3.8) is 0 Å². The maximum atomic E-state index is 12.2. The number of rotatable bonds is 8. The summed E-state index contributed by atoms with van der Waals surface area (Å²) < 4.78 is 0. The van der Waals surface area contributed by atoms with Gasteiger partial charge in [-0.2, -0.15) is 0 Å². The van der Waals surface area contributed by atoms with Gasteiger partial charge in [0.2, 0.25) is 5.91 Å². The topological polar surface area (TPSA) is 61.4 Å². The first-order valence-corrected chi connectivity index (χ1v) is 8.36. The number of carbonyl (C=O) groups is 1. The minimum Gasteiger partial charge on any atom is -0.396 e. The molecule has 24 heavy (non-hydrogen) atoms. The Hall–Kier alpha value is -2.17. The van der Waals surface area contributed by atoms with E-state index in [1.807, 2.05) is 56.3 Å². The first-order chi connectivity index (χ1) is 11.6. The summed E-state index contributed by atoms with van der Waals surface area (Å²) in [5, 5.41) is 15.3. The van der Waals surface area contributed by atoms with Gasteiger partial charge >= 0.3 is 0 Å². The van der Waals surface area contributed by atoms with E-state index in [2.05, 4.69) is 16.7 Å². The monoisotopic (exact) mass is 326 g/mol. The lowest BCUT2D eigenvalue weighted by Gasteiger charge is -2.19. The Morgan fingerprint density at radius 1 is 1.08 bits per heavy atom. The Morgan fingerprint density at radius 3 is 2.38 bits per heavy atom. The summed E-state index contributed by atoms with van der Waals surface area (Å²) in [7, 11) is 0. The molecule has 2 aromatic carbocycles. The van der Waals surface area contributed by atoms with Crippen LogP contribution >= 0.6 is 0 Å². The number of aliphatic hydroxyl groups is 1. The average Bonchev–Trinajstić information content (AvgIpc) is 2.55. The second-order valence-corrected chi connectivity index (χ2v) is 6.13. The number of hydrogen-bond donors (Lipinski definition) is 3. The molecular weight excluding hydrogens is 300 g/mol. The summed E-state index contributed by atoms with van der Waals surface area (Å²) in [6, 6.07) is 16.1. The van der Waals surface area contributed by atoms with Crippen molar-refractivity contribution in [2.24, 2.45) is 0 Å². The maximum absolute atomic E-state index is 12.2. The molecule has 0 saturated heterocycles. The van der Waals surface area contributed by atoms with Crippen molar-refractivity contribution in [2.45, 2.75) is 32.7 Å². The van der Waals surface area contributed by atoms with Gasteiger partial charge in [0.1, 0.15) is 0 Å². The molecule has 0 saturated carbocycles. The van der Waals surface area contributed by atoms with Gasteiger partial charge in [0, 0.05) is 18.3 Å². The lowest BCUT2D eigenvalue weighted by molar-refractivity contribution is -0.115. The van der Waals surface area contributed by atoms with Crippen LogP contribution in [0, 0.1) is 13.8 Å². The first-order valence-electron chi connectivity index (χ1n) is 8.36. The van der Waals surface area contributed by atoms with Gasteiger partial charge in [0.05, 0.1) is 6.54 Å². The normalized spacial score (nSPS) is 12.0. The maximum Gasteiger partial charge on any atom is 0.238 e.